The highest BCUT2D eigenvalue weighted by Crippen LogP contribution is 2.31. The number of carbonyl (C=O) groups is 1. The number of carbonyl (C=O) groups excluding carboxylic acids is 1. The summed E-state index contributed by atoms with van der Waals surface area (Å²) in [5, 5.41) is 0. The van der Waals surface area contributed by atoms with Crippen molar-refractivity contribution in [2.45, 2.75) is 6.42 Å². The topological polar surface area (TPSA) is 35.5 Å². The monoisotopic (exact) mass is 178 g/mol. The zero-order valence-electron chi connectivity index (χ0n) is 7.37. The predicted octanol–water partition coefficient (Wildman–Crippen LogP) is 1.20. The molecule has 0 amide bonds. The highest BCUT2D eigenvalue weighted by molar-refractivity contribution is 5.85. The minimum Gasteiger partial charge on any atom is -0.496 e. The van der Waals surface area contributed by atoms with Gasteiger partial charge in [-0.15, -0.1) is 0 Å². The minimum atomic E-state index is 0.0944. The molecule has 68 valence electrons. The van der Waals surface area contributed by atoms with Gasteiger partial charge in [0.25, 0.3) is 0 Å². The van der Waals surface area contributed by atoms with Crippen LogP contribution < -0.4 is 9.47 Å². The fraction of sp³-hybridized carbons (Fsp3) is 0.300. The molecule has 0 spiro atoms. The summed E-state index contributed by atoms with van der Waals surface area (Å²) in [6.45, 7) is 0.181. The third-order valence-corrected chi connectivity index (χ3v) is 2.07. The molecule has 1 aromatic rings. The molecule has 0 bridgehead atoms. The van der Waals surface area contributed by atoms with E-state index in [2.05, 4.69) is 0 Å². The largest absolute Gasteiger partial charge is 0.496 e. The molecule has 0 saturated heterocycles. The number of methoxy groups -OCH3 is 1. The lowest BCUT2D eigenvalue weighted by Crippen LogP contribution is -2.20. The normalized spacial score (nSPS) is 14.7. The number of Topliss-reactive ketones (excluding diaryl/α,β-unsaturated/α-hetero) is 1. The quantitative estimate of drug-likeness (QED) is 0.648. The van der Waals surface area contributed by atoms with Crippen LogP contribution in [0.25, 0.3) is 0 Å². The highest BCUT2D eigenvalue weighted by Gasteiger charge is 2.19. The van der Waals surface area contributed by atoms with Crippen molar-refractivity contribution in [1.82, 2.24) is 0 Å². The molecule has 0 N–H and O–H groups in total. The Morgan fingerprint density at radius 2 is 2.31 bits per heavy atom. The molecule has 0 fully saturated rings. The van der Waals surface area contributed by atoms with E-state index >= 15 is 0 Å². The van der Waals surface area contributed by atoms with Crippen LogP contribution in [0, 0.1) is 0 Å². The highest BCUT2D eigenvalue weighted by atomic mass is 16.5. The van der Waals surface area contributed by atoms with Gasteiger partial charge in [0, 0.05) is 12.0 Å². The number of benzene rings is 1. The third-order valence-electron chi connectivity index (χ3n) is 2.07. The summed E-state index contributed by atoms with van der Waals surface area (Å²) >= 11 is 0. The van der Waals surface area contributed by atoms with Crippen molar-refractivity contribution < 1.29 is 14.3 Å². The second-order valence-electron chi connectivity index (χ2n) is 2.94. The van der Waals surface area contributed by atoms with E-state index in [1.807, 2.05) is 18.2 Å². The number of ether oxygens (including phenoxy) is 2. The van der Waals surface area contributed by atoms with Crippen LogP contribution in [-0.2, 0) is 11.2 Å². The summed E-state index contributed by atoms with van der Waals surface area (Å²) in [7, 11) is 1.59. The lowest BCUT2D eigenvalue weighted by Gasteiger charge is -2.18. The molecule has 0 radical (unpaired) electrons. The first-order valence-corrected chi connectivity index (χ1v) is 4.11. The van der Waals surface area contributed by atoms with E-state index in [9.17, 15) is 4.79 Å². The van der Waals surface area contributed by atoms with Gasteiger partial charge < -0.3 is 9.47 Å². The van der Waals surface area contributed by atoms with Crippen LogP contribution in [0.1, 0.15) is 5.56 Å². The van der Waals surface area contributed by atoms with E-state index in [1.54, 1.807) is 7.11 Å². The smallest absolute Gasteiger partial charge is 0.174 e. The standard InChI is InChI=1S/C10H10O3/c1-12-9-3-2-4-10-8(9)5-7(11)6-13-10/h2-4H,5-6H2,1H3. The van der Waals surface area contributed by atoms with Crippen LogP contribution in [-0.4, -0.2) is 19.5 Å². The fourth-order valence-corrected chi connectivity index (χ4v) is 1.45. The Hall–Kier alpha value is -1.51. The second-order valence-corrected chi connectivity index (χ2v) is 2.94. The van der Waals surface area contributed by atoms with Crippen molar-refractivity contribution in [2.24, 2.45) is 0 Å². The first-order valence-electron chi connectivity index (χ1n) is 4.11. The van der Waals surface area contributed by atoms with Gasteiger partial charge in [0.15, 0.2) is 5.78 Å². The average Bonchev–Trinajstić information content (AvgIpc) is 2.17. The van der Waals surface area contributed by atoms with Gasteiger partial charge in [-0.05, 0) is 12.1 Å². The van der Waals surface area contributed by atoms with Crippen molar-refractivity contribution in [3.8, 4) is 11.5 Å². The first-order chi connectivity index (χ1) is 6.31. The second kappa shape index (κ2) is 3.09. The summed E-state index contributed by atoms with van der Waals surface area (Å²) in [6.07, 6.45) is 0.416. The number of fused-ring (bicyclic) bond motifs is 1. The van der Waals surface area contributed by atoms with Crippen LogP contribution in [0.4, 0.5) is 0 Å². The van der Waals surface area contributed by atoms with Gasteiger partial charge in [-0.25, -0.2) is 0 Å². The van der Waals surface area contributed by atoms with Gasteiger partial charge in [-0.1, -0.05) is 6.07 Å². The van der Waals surface area contributed by atoms with Gasteiger partial charge in [-0.3, -0.25) is 4.79 Å². The maximum absolute atomic E-state index is 11.1. The van der Waals surface area contributed by atoms with Crippen LogP contribution in [0.5, 0.6) is 11.5 Å². The average molecular weight is 178 g/mol. The van der Waals surface area contributed by atoms with Crippen LogP contribution in [0.2, 0.25) is 0 Å². The van der Waals surface area contributed by atoms with Crippen LogP contribution in [0.15, 0.2) is 18.2 Å². The number of hydrogen-bond donors (Lipinski definition) is 0. The molecule has 1 aliphatic heterocycles. The van der Waals surface area contributed by atoms with Crippen LogP contribution >= 0.6 is 0 Å². The molecule has 0 saturated carbocycles. The molecule has 13 heavy (non-hydrogen) atoms. The van der Waals surface area contributed by atoms with E-state index in [4.69, 9.17) is 9.47 Å². The Balaban J connectivity index is 2.46. The molecular weight excluding hydrogens is 168 g/mol. The van der Waals surface area contributed by atoms with E-state index in [1.165, 1.54) is 0 Å². The van der Waals surface area contributed by atoms with Crippen molar-refractivity contribution in [2.75, 3.05) is 13.7 Å². The maximum Gasteiger partial charge on any atom is 0.174 e. The summed E-state index contributed by atoms with van der Waals surface area (Å²) in [6, 6.07) is 5.54. The Morgan fingerprint density at radius 3 is 3.08 bits per heavy atom. The molecule has 2 rings (SSSR count). The van der Waals surface area contributed by atoms with E-state index in [0.717, 1.165) is 17.1 Å². The Kier molecular flexibility index (Phi) is 1.93. The Labute approximate surface area is 76.3 Å². The summed E-state index contributed by atoms with van der Waals surface area (Å²) in [5.74, 6) is 1.58. The van der Waals surface area contributed by atoms with Gasteiger partial charge >= 0.3 is 0 Å². The zero-order valence-corrected chi connectivity index (χ0v) is 7.37. The molecule has 0 unspecified atom stereocenters. The van der Waals surface area contributed by atoms with Gasteiger partial charge in [0.2, 0.25) is 0 Å². The van der Waals surface area contributed by atoms with Crippen molar-refractivity contribution in [3.05, 3.63) is 23.8 Å². The van der Waals surface area contributed by atoms with Crippen molar-refractivity contribution >= 4 is 5.78 Å². The van der Waals surface area contributed by atoms with Gasteiger partial charge in [-0.2, -0.15) is 0 Å². The fourth-order valence-electron chi connectivity index (χ4n) is 1.45. The Bertz CT molecular complexity index is 330. The van der Waals surface area contributed by atoms with Gasteiger partial charge in [0.05, 0.1) is 7.11 Å². The maximum atomic E-state index is 11.1. The molecule has 1 heterocycles. The molecule has 1 aliphatic rings. The molecule has 1 aromatic carbocycles. The zero-order chi connectivity index (χ0) is 9.26. The lowest BCUT2D eigenvalue weighted by atomic mass is 10.0. The summed E-state index contributed by atoms with van der Waals surface area (Å²) < 4.78 is 10.4. The third kappa shape index (κ3) is 1.37. The number of rotatable bonds is 1. The molecule has 3 heteroatoms. The van der Waals surface area contributed by atoms with Gasteiger partial charge in [0.1, 0.15) is 18.1 Å². The molecule has 3 nitrogen and oxygen atoms in total. The Morgan fingerprint density at radius 1 is 1.46 bits per heavy atom. The number of ketones is 1. The van der Waals surface area contributed by atoms with E-state index < -0.39 is 0 Å². The lowest BCUT2D eigenvalue weighted by molar-refractivity contribution is -0.121. The van der Waals surface area contributed by atoms with E-state index in [0.29, 0.717) is 6.42 Å². The SMILES string of the molecule is COc1cccc2c1CC(=O)CO2. The van der Waals surface area contributed by atoms with E-state index in [-0.39, 0.29) is 12.4 Å². The molecule has 0 aromatic heterocycles. The molecule has 0 aliphatic carbocycles. The summed E-state index contributed by atoms with van der Waals surface area (Å²) in [5.41, 5.74) is 0.862. The number of hydrogen-bond acceptors (Lipinski definition) is 3. The minimum absolute atomic E-state index is 0.0944. The molecular formula is C10H10O3. The first kappa shape index (κ1) is 8.10. The van der Waals surface area contributed by atoms with Crippen LogP contribution in [0.3, 0.4) is 0 Å². The summed E-state index contributed by atoms with van der Waals surface area (Å²) in [4.78, 5) is 11.1. The predicted molar refractivity (Wildman–Crippen MR) is 47.2 cm³/mol. The van der Waals surface area contributed by atoms with Crippen molar-refractivity contribution in [3.63, 3.8) is 0 Å². The molecule has 0 atom stereocenters. The van der Waals surface area contributed by atoms with Crippen molar-refractivity contribution in [1.29, 1.82) is 0 Å².